The lowest BCUT2D eigenvalue weighted by Gasteiger charge is -2.34. The summed E-state index contributed by atoms with van der Waals surface area (Å²) in [5.41, 5.74) is 0.835. The Hall–Kier alpha value is -0.0400. The van der Waals surface area contributed by atoms with E-state index in [9.17, 15) is 0 Å². The summed E-state index contributed by atoms with van der Waals surface area (Å²) in [7, 11) is 0. The van der Waals surface area contributed by atoms with Crippen molar-refractivity contribution >= 4 is 0 Å². The summed E-state index contributed by atoms with van der Waals surface area (Å²) in [6.45, 7) is 8.12. The van der Waals surface area contributed by atoms with Gasteiger partial charge < -0.3 is 5.32 Å². The van der Waals surface area contributed by atoms with Gasteiger partial charge in [0.1, 0.15) is 0 Å². The second-order valence-electron chi connectivity index (χ2n) is 5.34. The molecule has 0 aromatic carbocycles. The predicted octanol–water partition coefficient (Wildman–Crippen LogP) is 2.42. The molecule has 1 nitrogen and oxygen atoms in total. The highest BCUT2D eigenvalue weighted by atomic mass is 14.9. The Morgan fingerprint density at radius 3 is 2.50 bits per heavy atom. The molecule has 0 aromatic heterocycles. The molecule has 2 rings (SSSR count). The molecule has 2 aliphatic carbocycles. The fourth-order valence-corrected chi connectivity index (χ4v) is 2.93. The van der Waals surface area contributed by atoms with Gasteiger partial charge in [-0.1, -0.05) is 20.8 Å². The second-order valence-corrected chi connectivity index (χ2v) is 5.34. The standard InChI is InChI=1S/C11H21N/c1-8(2)12-7-10-6-11(10)4-9(3)5-11/h8-10,12H,4-7H2,1-3H3. The first-order valence-corrected chi connectivity index (χ1v) is 5.36. The van der Waals surface area contributed by atoms with Crippen molar-refractivity contribution in [3.05, 3.63) is 0 Å². The quantitative estimate of drug-likeness (QED) is 0.680. The van der Waals surface area contributed by atoms with Crippen LogP contribution in [0, 0.1) is 17.3 Å². The fourth-order valence-electron chi connectivity index (χ4n) is 2.93. The number of nitrogens with one attached hydrogen (secondary N) is 1. The van der Waals surface area contributed by atoms with Crippen LogP contribution < -0.4 is 5.32 Å². The van der Waals surface area contributed by atoms with Crippen LogP contribution >= 0.6 is 0 Å². The van der Waals surface area contributed by atoms with Crippen LogP contribution in [0.1, 0.15) is 40.0 Å². The maximum Gasteiger partial charge on any atom is 0.00104 e. The lowest BCUT2D eigenvalue weighted by atomic mass is 9.71. The Bertz CT molecular complexity index is 168. The molecule has 70 valence electrons. The minimum Gasteiger partial charge on any atom is -0.314 e. The van der Waals surface area contributed by atoms with E-state index in [1.54, 1.807) is 0 Å². The number of hydrogen-bond acceptors (Lipinski definition) is 1. The van der Waals surface area contributed by atoms with E-state index in [1.165, 1.54) is 25.8 Å². The summed E-state index contributed by atoms with van der Waals surface area (Å²) in [6, 6.07) is 0.667. The van der Waals surface area contributed by atoms with E-state index in [1.807, 2.05) is 0 Å². The zero-order valence-electron chi connectivity index (χ0n) is 8.56. The van der Waals surface area contributed by atoms with Gasteiger partial charge in [-0.05, 0) is 43.1 Å². The van der Waals surface area contributed by atoms with Gasteiger partial charge in [0, 0.05) is 6.04 Å². The molecule has 2 aliphatic rings. The van der Waals surface area contributed by atoms with Crippen LogP contribution in [-0.2, 0) is 0 Å². The number of hydrogen-bond donors (Lipinski definition) is 1. The van der Waals surface area contributed by atoms with Crippen molar-refractivity contribution in [2.45, 2.75) is 46.1 Å². The first-order chi connectivity index (χ1) is 5.62. The van der Waals surface area contributed by atoms with Crippen LogP contribution in [0.5, 0.6) is 0 Å². The third-order valence-corrected chi connectivity index (χ3v) is 3.64. The predicted molar refractivity (Wildman–Crippen MR) is 52.1 cm³/mol. The average Bonchev–Trinajstić information content (AvgIpc) is 2.58. The van der Waals surface area contributed by atoms with Gasteiger partial charge in [-0.3, -0.25) is 0 Å². The molecular weight excluding hydrogens is 146 g/mol. The van der Waals surface area contributed by atoms with E-state index < -0.39 is 0 Å². The third-order valence-electron chi connectivity index (χ3n) is 3.64. The normalized spacial score (nSPS) is 45.0. The molecule has 0 heterocycles. The molecule has 0 radical (unpaired) electrons. The monoisotopic (exact) mass is 167 g/mol. The van der Waals surface area contributed by atoms with Crippen LogP contribution in [0.4, 0.5) is 0 Å². The zero-order chi connectivity index (χ0) is 8.77. The van der Waals surface area contributed by atoms with Crippen LogP contribution in [0.15, 0.2) is 0 Å². The fraction of sp³-hybridized carbons (Fsp3) is 1.00. The van der Waals surface area contributed by atoms with Crippen LogP contribution in [-0.4, -0.2) is 12.6 Å². The average molecular weight is 167 g/mol. The highest BCUT2D eigenvalue weighted by molar-refractivity contribution is 5.10. The Labute approximate surface area is 75.9 Å². The number of rotatable bonds is 3. The summed E-state index contributed by atoms with van der Waals surface area (Å²) < 4.78 is 0. The zero-order valence-corrected chi connectivity index (χ0v) is 8.56. The Kier molecular flexibility index (Phi) is 1.95. The molecule has 0 bridgehead atoms. The lowest BCUT2D eigenvalue weighted by molar-refractivity contribution is 0.164. The van der Waals surface area contributed by atoms with E-state index >= 15 is 0 Å². The van der Waals surface area contributed by atoms with E-state index in [0.717, 1.165) is 17.3 Å². The van der Waals surface area contributed by atoms with Gasteiger partial charge >= 0.3 is 0 Å². The molecule has 1 unspecified atom stereocenters. The van der Waals surface area contributed by atoms with Gasteiger partial charge in [-0.15, -0.1) is 0 Å². The maximum atomic E-state index is 3.55. The molecule has 0 aliphatic heterocycles. The van der Waals surface area contributed by atoms with E-state index in [2.05, 4.69) is 26.1 Å². The molecule has 1 N–H and O–H groups in total. The Morgan fingerprint density at radius 2 is 2.00 bits per heavy atom. The van der Waals surface area contributed by atoms with Crippen molar-refractivity contribution in [2.24, 2.45) is 17.3 Å². The molecule has 1 spiro atoms. The van der Waals surface area contributed by atoms with Crippen molar-refractivity contribution in [1.82, 2.24) is 5.32 Å². The third kappa shape index (κ3) is 1.39. The van der Waals surface area contributed by atoms with Gasteiger partial charge in [0.2, 0.25) is 0 Å². The maximum absolute atomic E-state index is 3.55. The Morgan fingerprint density at radius 1 is 1.33 bits per heavy atom. The highest BCUT2D eigenvalue weighted by Gasteiger charge is 2.59. The highest BCUT2D eigenvalue weighted by Crippen LogP contribution is 2.67. The van der Waals surface area contributed by atoms with Crippen LogP contribution in [0.25, 0.3) is 0 Å². The molecule has 1 heteroatoms. The topological polar surface area (TPSA) is 12.0 Å². The largest absolute Gasteiger partial charge is 0.314 e. The van der Waals surface area contributed by atoms with Gasteiger partial charge in [0.15, 0.2) is 0 Å². The van der Waals surface area contributed by atoms with Gasteiger partial charge in [-0.2, -0.15) is 0 Å². The van der Waals surface area contributed by atoms with Crippen molar-refractivity contribution in [2.75, 3.05) is 6.54 Å². The summed E-state index contributed by atoms with van der Waals surface area (Å²) >= 11 is 0. The molecule has 0 saturated heterocycles. The van der Waals surface area contributed by atoms with Crippen molar-refractivity contribution in [1.29, 1.82) is 0 Å². The smallest absolute Gasteiger partial charge is 0.00104 e. The van der Waals surface area contributed by atoms with Crippen LogP contribution in [0.2, 0.25) is 0 Å². The van der Waals surface area contributed by atoms with E-state index in [-0.39, 0.29) is 0 Å². The summed E-state index contributed by atoms with van der Waals surface area (Å²) in [5.74, 6) is 2.05. The van der Waals surface area contributed by atoms with Crippen molar-refractivity contribution < 1.29 is 0 Å². The molecule has 0 amide bonds. The lowest BCUT2D eigenvalue weighted by Crippen LogP contribution is -2.30. The first kappa shape index (κ1) is 8.55. The van der Waals surface area contributed by atoms with Crippen molar-refractivity contribution in [3.8, 4) is 0 Å². The summed E-state index contributed by atoms with van der Waals surface area (Å²) in [5, 5.41) is 3.55. The minimum atomic E-state index is 0.667. The molecule has 12 heavy (non-hydrogen) atoms. The summed E-state index contributed by atoms with van der Waals surface area (Å²) in [4.78, 5) is 0. The van der Waals surface area contributed by atoms with Crippen LogP contribution in [0.3, 0.4) is 0 Å². The van der Waals surface area contributed by atoms with E-state index in [4.69, 9.17) is 0 Å². The van der Waals surface area contributed by atoms with Gasteiger partial charge in [0.25, 0.3) is 0 Å². The van der Waals surface area contributed by atoms with Crippen molar-refractivity contribution in [3.63, 3.8) is 0 Å². The van der Waals surface area contributed by atoms with Gasteiger partial charge in [0.05, 0.1) is 0 Å². The molecule has 1 atom stereocenters. The van der Waals surface area contributed by atoms with Gasteiger partial charge in [-0.25, -0.2) is 0 Å². The van der Waals surface area contributed by atoms with E-state index in [0.29, 0.717) is 6.04 Å². The Balaban J connectivity index is 1.68. The molecule has 2 fully saturated rings. The molecule has 2 saturated carbocycles. The second kappa shape index (κ2) is 2.73. The molecule has 0 aromatic rings. The first-order valence-electron chi connectivity index (χ1n) is 5.36. The SMILES string of the molecule is CC1CC2(C1)CC2CNC(C)C. The molecular formula is C11H21N. The minimum absolute atomic E-state index is 0.667. The summed E-state index contributed by atoms with van der Waals surface area (Å²) in [6.07, 6.45) is 4.53.